The summed E-state index contributed by atoms with van der Waals surface area (Å²) in [6.45, 7) is 2.90. The minimum absolute atomic E-state index is 0.916. The minimum atomic E-state index is 0.916. The predicted octanol–water partition coefficient (Wildman–Crippen LogP) is -0.0752. The van der Waals surface area contributed by atoms with Crippen molar-refractivity contribution in [2.45, 2.75) is 6.54 Å². The molecule has 0 saturated heterocycles. The Balaban J connectivity index is 2.28. The highest BCUT2D eigenvalue weighted by atomic mass is 15.2. The number of fused-ring (bicyclic) bond motifs is 1. The Morgan fingerprint density at radius 3 is 3.40 bits per heavy atom. The van der Waals surface area contributed by atoms with Gasteiger partial charge in [0.25, 0.3) is 0 Å². The maximum absolute atomic E-state index is 3.92. The van der Waals surface area contributed by atoms with Crippen LogP contribution in [0.5, 0.6) is 0 Å². The second-order valence-corrected chi connectivity index (χ2v) is 2.37. The first-order chi connectivity index (χ1) is 4.97. The summed E-state index contributed by atoms with van der Waals surface area (Å²) in [5.41, 5.74) is 1.22. The molecule has 0 atom stereocenters. The van der Waals surface area contributed by atoms with Gasteiger partial charge in [-0.25, -0.2) is 0 Å². The lowest BCUT2D eigenvalue weighted by atomic mass is 10.3. The van der Waals surface area contributed by atoms with Gasteiger partial charge in [-0.1, -0.05) is 0 Å². The van der Waals surface area contributed by atoms with Gasteiger partial charge < -0.3 is 10.6 Å². The monoisotopic (exact) mass is 138 g/mol. The van der Waals surface area contributed by atoms with Gasteiger partial charge in [0.2, 0.25) is 0 Å². The van der Waals surface area contributed by atoms with Gasteiger partial charge in [-0.15, -0.1) is 0 Å². The van der Waals surface area contributed by atoms with E-state index < -0.39 is 0 Å². The third kappa shape index (κ3) is 0.863. The number of rotatable bonds is 0. The van der Waals surface area contributed by atoms with Crippen LogP contribution in [0.15, 0.2) is 6.20 Å². The quantitative estimate of drug-likeness (QED) is 0.470. The molecule has 2 rings (SSSR count). The van der Waals surface area contributed by atoms with Crippen molar-refractivity contribution in [1.29, 1.82) is 0 Å². The molecule has 2 heterocycles. The predicted molar refractivity (Wildman–Crippen MR) is 38.8 cm³/mol. The number of aromatic nitrogens is 2. The number of nitrogens with one attached hydrogen (secondary N) is 3. The zero-order valence-electron chi connectivity index (χ0n) is 5.65. The van der Waals surface area contributed by atoms with Gasteiger partial charge in [-0.3, -0.25) is 5.10 Å². The molecule has 1 aliphatic rings. The average Bonchev–Trinajstić information content (AvgIpc) is 2.28. The largest absolute Gasteiger partial charge is 0.369 e. The van der Waals surface area contributed by atoms with Gasteiger partial charge in [0, 0.05) is 25.2 Å². The third-order valence-corrected chi connectivity index (χ3v) is 1.64. The average molecular weight is 138 g/mol. The molecule has 1 aromatic heterocycles. The zero-order chi connectivity index (χ0) is 6.81. The Labute approximate surface area is 59.0 Å². The van der Waals surface area contributed by atoms with Crippen molar-refractivity contribution in [2.75, 3.05) is 18.4 Å². The van der Waals surface area contributed by atoms with Gasteiger partial charge in [0.15, 0.2) is 0 Å². The molecule has 0 amide bonds. The van der Waals surface area contributed by atoms with Crippen LogP contribution in [0.1, 0.15) is 5.56 Å². The molecule has 0 aromatic carbocycles. The van der Waals surface area contributed by atoms with E-state index in [-0.39, 0.29) is 0 Å². The van der Waals surface area contributed by atoms with E-state index in [2.05, 4.69) is 20.8 Å². The summed E-state index contributed by atoms with van der Waals surface area (Å²) in [5, 5.41) is 13.3. The molecule has 0 bridgehead atoms. The van der Waals surface area contributed by atoms with Gasteiger partial charge in [0.1, 0.15) is 5.82 Å². The maximum atomic E-state index is 3.92. The van der Waals surface area contributed by atoms with E-state index in [0.717, 1.165) is 25.5 Å². The van der Waals surface area contributed by atoms with E-state index in [0.29, 0.717) is 0 Å². The third-order valence-electron chi connectivity index (χ3n) is 1.64. The summed E-state index contributed by atoms with van der Waals surface area (Å²) in [5.74, 6) is 1.06. The zero-order valence-corrected chi connectivity index (χ0v) is 5.65. The number of nitrogens with zero attached hydrogens (tertiary/aromatic N) is 1. The molecule has 0 unspecified atom stereocenters. The van der Waals surface area contributed by atoms with Crippen molar-refractivity contribution in [3.8, 4) is 0 Å². The van der Waals surface area contributed by atoms with E-state index in [1.54, 1.807) is 0 Å². The van der Waals surface area contributed by atoms with E-state index in [9.17, 15) is 0 Å². The highest BCUT2D eigenvalue weighted by molar-refractivity contribution is 5.42. The Morgan fingerprint density at radius 2 is 2.40 bits per heavy atom. The molecule has 1 aromatic rings. The first-order valence-electron chi connectivity index (χ1n) is 3.43. The van der Waals surface area contributed by atoms with Crippen LogP contribution >= 0.6 is 0 Å². The van der Waals surface area contributed by atoms with Crippen molar-refractivity contribution in [2.24, 2.45) is 0 Å². The molecule has 0 spiro atoms. The Kier molecular flexibility index (Phi) is 1.32. The molecule has 0 aliphatic carbocycles. The fourth-order valence-corrected chi connectivity index (χ4v) is 1.10. The lowest BCUT2D eigenvalue weighted by molar-refractivity contribution is 0.723. The van der Waals surface area contributed by atoms with Crippen LogP contribution in [0.3, 0.4) is 0 Å². The van der Waals surface area contributed by atoms with Gasteiger partial charge in [-0.05, 0) is 0 Å². The summed E-state index contributed by atoms with van der Waals surface area (Å²) >= 11 is 0. The minimum Gasteiger partial charge on any atom is -0.369 e. The summed E-state index contributed by atoms with van der Waals surface area (Å²) in [4.78, 5) is 0. The smallest absolute Gasteiger partial charge is 0.125 e. The lowest BCUT2D eigenvalue weighted by Crippen LogP contribution is -2.17. The number of hydrogen-bond donors (Lipinski definition) is 3. The molecule has 1 aliphatic heterocycles. The molecule has 3 N–H and O–H groups in total. The summed E-state index contributed by atoms with van der Waals surface area (Å²) in [7, 11) is 0. The van der Waals surface area contributed by atoms with Crippen LogP contribution in [-0.4, -0.2) is 23.3 Å². The van der Waals surface area contributed by atoms with Gasteiger partial charge in [0.05, 0.1) is 6.20 Å². The highest BCUT2D eigenvalue weighted by Gasteiger charge is 2.06. The van der Waals surface area contributed by atoms with Gasteiger partial charge in [-0.2, -0.15) is 5.10 Å². The van der Waals surface area contributed by atoms with Crippen LogP contribution in [0.25, 0.3) is 0 Å². The SMILES string of the molecule is c1n[nH]c2c1CNCCN2. The van der Waals surface area contributed by atoms with E-state index in [1.807, 2.05) is 6.20 Å². The number of aromatic amines is 1. The fraction of sp³-hybridized carbons (Fsp3) is 0.500. The normalized spacial score (nSPS) is 17.2. The van der Waals surface area contributed by atoms with Crippen molar-refractivity contribution in [1.82, 2.24) is 15.5 Å². The summed E-state index contributed by atoms with van der Waals surface area (Å²) < 4.78 is 0. The highest BCUT2D eigenvalue weighted by Crippen LogP contribution is 2.10. The van der Waals surface area contributed by atoms with Gasteiger partial charge >= 0.3 is 0 Å². The van der Waals surface area contributed by atoms with E-state index in [4.69, 9.17) is 0 Å². The molecule has 0 radical (unpaired) electrons. The standard InChI is InChI=1S/C6H10N4/c1-2-8-6-5(3-7-1)4-9-10-6/h4,7H,1-3H2,(H2,8,9,10). The molecule has 4 nitrogen and oxygen atoms in total. The molecule has 4 heteroatoms. The molecular formula is C6H10N4. The van der Waals surface area contributed by atoms with Crippen LogP contribution in [-0.2, 0) is 6.54 Å². The Bertz CT molecular complexity index is 197. The van der Waals surface area contributed by atoms with Crippen molar-refractivity contribution in [3.05, 3.63) is 11.8 Å². The molecule has 0 fully saturated rings. The van der Waals surface area contributed by atoms with Crippen molar-refractivity contribution >= 4 is 5.82 Å². The molecular weight excluding hydrogens is 128 g/mol. The summed E-state index contributed by atoms with van der Waals surface area (Å²) in [6, 6.07) is 0. The number of H-pyrrole nitrogens is 1. The Hall–Kier alpha value is -1.03. The fourth-order valence-electron chi connectivity index (χ4n) is 1.10. The lowest BCUT2D eigenvalue weighted by Gasteiger charge is -1.96. The van der Waals surface area contributed by atoms with Crippen LogP contribution in [0.2, 0.25) is 0 Å². The Morgan fingerprint density at radius 1 is 1.40 bits per heavy atom. The van der Waals surface area contributed by atoms with Crippen molar-refractivity contribution < 1.29 is 0 Å². The molecule has 54 valence electrons. The van der Waals surface area contributed by atoms with Crippen LogP contribution in [0, 0.1) is 0 Å². The van der Waals surface area contributed by atoms with Crippen LogP contribution < -0.4 is 10.6 Å². The van der Waals surface area contributed by atoms with E-state index in [1.165, 1.54) is 5.56 Å². The second-order valence-electron chi connectivity index (χ2n) is 2.37. The number of hydrogen-bond acceptors (Lipinski definition) is 3. The first-order valence-corrected chi connectivity index (χ1v) is 3.43. The second kappa shape index (κ2) is 2.30. The van der Waals surface area contributed by atoms with E-state index >= 15 is 0 Å². The van der Waals surface area contributed by atoms with Crippen LogP contribution in [0.4, 0.5) is 5.82 Å². The number of anilines is 1. The maximum Gasteiger partial charge on any atom is 0.125 e. The van der Waals surface area contributed by atoms with Crippen molar-refractivity contribution in [3.63, 3.8) is 0 Å². The topological polar surface area (TPSA) is 52.7 Å². The molecule has 0 saturated carbocycles. The molecule has 10 heavy (non-hydrogen) atoms. The summed E-state index contributed by atoms with van der Waals surface area (Å²) in [6.07, 6.45) is 1.85. The first kappa shape index (κ1) is 5.73.